The number of rotatable bonds is 4. The minimum Gasteiger partial charge on any atom is -0.493 e. The summed E-state index contributed by atoms with van der Waals surface area (Å²) in [6, 6.07) is 14.3. The lowest BCUT2D eigenvalue weighted by atomic mass is 10.0. The normalized spacial score (nSPS) is 12.8. The van der Waals surface area contributed by atoms with E-state index in [1.807, 2.05) is 48.1 Å². The number of carbonyl (C=O) groups excluding carboxylic acids is 1. The fraction of sp³-hybridized carbons (Fsp3) is 0.273. The molecule has 0 spiro atoms. The third kappa shape index (κ3) is 3.71. The Balaban J connectivity index is 1.58. The molecule has 0 aliphatic carbocycles. The van der Waals surface area contributed by atoms with Crippen LogP contribution in [0.3, 0.4) is 0 Å². The van der Waals surface area contributed by atoms with Gasteiger partial charge in [0.1, 0.15) is 5.75 Å². The summed E-state index contributed by atoms with van der Waals surface area (Å²) in [5.74, 6) is 0.982. The number of ether oxygens (including phenoxy) is 2. The van der Waals surface area contributed by atoms with Crippen LogP contribution in [0.4, 0.5) is 4.79 Å². The number of nitrogens with one attached hydrogen (secondary N) is 1. The molecule has 144 valence electrons. The van der Waals surface area contributed by atoms with Crippen LogP contribution in [0.15, 0.2) is 48.7 Å². The van der Waals surface area contributed by atoms with Gasteiger partial charge in [0.15, 0.2) is 0 Å². The predicted octanol–water partition coefficient (Wildman–Crippen LogP) is 4.03. The van der Waals surface area contributed by atoms with Gasteiger partial charge in [-0.1, -0.05) is 6.07 Å². The highest BCUT2D eigenvalue weighted by atomic mass is 16.5. The molecule has 1 aliphatic heterocycles. The molecule has 3 aromatic rings. The molecule has 0 bridgehead atoms. The molecule has 2 heterocycles. The molecule has 6 nitrogen and oxygen atoms in total. The molecule has 1 amide bonds. The summed E-state index contributed by atoms with van der Waals surface area (Å²) in [5.41, 5.74) is 6.31. The van der Waals surface area contributed by atoms with Crippen LogP contribution in [0.25, 0.3) is 16.9 Å². The lowest BCUT2D eigenvalue weighted by molar-refractivity contribution is 0.170. The first-order chi connectivity index (χ1) is 13.6. The topological polar surface area (TPSA) is 65.4 Å². The lowest BCUT2D eigenvalue weighted by Gasteiger charge is -2.17. The molecule has 1 N–H and O–H groups in total. The van der Waals surface area contributed by atoms with Gasteiger partial charge < -0.3 is 14.8 Å². The van der Waals surface area contributed by atoms with Gasteiger partial charge in [0, 0.05) is 18.3 Å². The molecule has 0 fully saturated rings. The first-order valence-corrected chi connectivity index (χ1v) is 9.37. The van der Waals surface area contributed by atoms with Gasteiger partial charge in [-0.15, -0.1) is 0 Å². The SMILES string of the molecule is COC(=O)NCc1cc(-n2ccc(-c3ccc4c(c3)CCCO4)n2)ccc1C. The Bertz CT molecular complexity index is 1010. The van der Waals surface area contributed by atoms with Crippen molar-refractivity contribution in [3.63, 3.8) is 0 Å². The van der Waals surface area contributed by atoms with Crippen LogP contribution in [-0.4, -0.2) is 29.6 Å². The number of aromatic nitrogens is 2. The summed E-state index contributed by atoms with van der Waals surface area (Å²) in [7, 11) is 1.36. The number of hydrogen-bond donors (Lipinski definition) is 1. The highest BCUT2D eigenvalue weighted by Gasteiger charge is 2.13. The van der Waals surface area contributed by atoms with Crippen molar-refractivity contribution in [2.75, 3.05) is 13.7 Å². The average molecular weight is 377 g/mol. The number of alkyl carbamates (subject to hydrolysis) is 1. The Labute approximate surface area is 164 Å². The third-order valence-corrected chi connectivity index (χ3v) is 5.00. The largest absolute Gasteiger partial charge is 0.493 e. The van der Waals surface area contributed by atoms with Crippen molar-refractivity contribution < 1.29 is 14.3 Å². The summed E-state index contributed by atoms with van der Waals surface area (Å²) in [5, 5.41) is 7.47. The van der Waals surface area contributed by atoms with E-state index in [2.05, 4.69) is 22.2 Å². The van der Waals surface area contributed by atoms with E-state index in [4.69, 9.17) is 9.84 Å². The van der Waals surface area contributed by atoms with E-state index in [9.17, 15) is 4.79 Å². The Morgan fingerprint density at radius 2 is 2.14 bits per heavy atom. The molecular weight excluding hydrogens is 354 g/mol. The quantitative estimate of drug-likeness (QED) is 0.746. The summed E-state index contributed by atoms with van der Waals surface area (Å²) in [6.45, 7) is 3.22. The van der Waals surface area contributed by atoms with E-state index >= 15 is 0 Å². The van der Waals surface area contributed by atoms with Crippen LogP contribution >= 0.6 is 0 Å². The Morgan fingerprint density at radius 3 is 3.00 bits per heavy atom. The molecule has 0 unspecified atom stereocenters. The van der Waals surface area contributed by atoms with Crippen molar-refractivity contribution in [2.45, 2.75) is 26.3 Å². The van der Waals surface area contributed by atoms with Crippen molar-refractivity contribution in [2.24, 2.45) is 0 Å². The first-order valence-electron chi connectivity index (χ1n) is 9.37. The van der Waals surface area contributed by atoms with Crippen molar-refractivity contribution in [3.05, 3.63) is 65.4 Å². The number of fused-ring (bicyclic) bond motifs is 1. The minimum absolute atomic E-state index is 0.408. The van der Waals surface area contributed by atoms with Gasteiger partial charge in [0.05, 0.1) is 25.1 Å². The van der Waals surface area contributed by atoms with Crippen LogP contribution in [-0.2, 0) is 17.7 Å². The van der Waals surface area contributed by atoms with E-state index in [1.54, 1.807) is 0 Å². The van der Waals surface area contributed by atoms with Gasteiger partial charge >= 0.3 is 6.09 Å². The average Bonchev–Trinajstić information content (AvgIpc) is 3.23. The number of methoxy groups -OCH3 is 1. The highest BCUT2D eigenvalue weighted by Crippen LogP contribution is 2.29. The van der Waals surface area contributed by atoms with E-state index in [0.29, 0.717) is 6.54 Å². The van der Waals surface area contributed by atoms with Gasteiger partial charge in [0.25, 0.3) is 0 Å². The fourth-order valence-corrected chi connectivity index (χ4v) is 3.37. The van der Waals surface area contributed by atoms with Gasteiger partial charge in [-0.2, -0.15) is 5.10 Å². The van der Waals surface area contributed by atoms with Gasteiger partial charge in [-0.3, -0.25) is 0 Å². The molecule has 0 saturated heterocycles. The second kappa shape index (κ2) is 7.76. The molecule has 1 aromatic heterocycles. The fourth-order valence-electron chi connectivity index (χ4n) is 3.37. The van der Waals surface area contributed by atoms with Crippen LogP contribution in [0.5, 0.6) is 5.75 Å². The number of benzene rings is 2. The Kier molecular flexibility index (Phi) is 5.02. The molecular formula is C22H23N3O3. The zero-order valence-electron chi connectivity index (χ0n) is 16.1. The van der Waals surface area contributed by atoms with Gasteiger partial charge in [-0.05, 0) is 72.9 Å². The monoisotopic (exact) mass is 377 g/mol. The van der Waals surface area contributed by atoms with Crippen LogP contribution in [0.2, 0.25) is 0 Å². The van der Waals surface area contributed by atoms with Crippen LogP contribution in [0.1, 0.15) is 23.1 Å². The standard InChI is InChI=1S/C22H23N3O3/c1-15-5-7-19(13-18(15)14-23-22(26)27-2)25-10-9-20(24-25)16-6-8-21-17(12-16)4-3-11-28-21/h5-10,12-13H,3-4,11,14H2,1-2H3,(H,23,26). The lowest BCUT2D eigenvalue weighted by Crippen LogP contribution is -2.22. The molecule has 0 atom stereocenters. The number of carbonyl (C=O) groups is 1. The number of aryl methyl sites for hydroxylation is 2. The Morgan fingerprint density at radius 1 is 1.25 bits per heavy atom. The zero-order chi connectivity index (χ0) is 19.5. The minimum atomic E-state index is -0.442. The summed E-state index contributed by atoms with van der Waals surface area (Å²) in [4.78, 5) is 11.4. The van der Waals surface area contributed by atoms with E-state index in [1.165, 1.54) is 12.7 Å². The number of amides is 1. The van der Waals surface area contributed by atoms with Crippen molar-refractivity contribution in [3.8, 4) is 22.7 Å². The second-order valence-electron chi connectivity index (χ2n) is 6.88. The molecule has 1 aliphatic rings. The highest BCUT2D eigenvalue weighted by molar-refractivity contribution is 5.67. The number of hydrogen-bond acceptors (Lipinski definition) is 4. The molecule has 2 aromatic carbocycles. The number of nitrogens with zero attached hydrogens (tertiary/aromatic N) is 2. The smallest absolute Gasteiger partial charge is 0.407 e. The molecule has 0 radical (unpaired) electrons. The van der Waals surface area contributed by atoms with Crippen molar-refractivity contribution >= 4 is 6.09 Å². The van der Waals surface area contributed by atoms with Crippen LogP contribution < -0.4 is 10.1 Å². The van der Waals surface area contributed by atoms with E-state index in [-0.39, 0.29) is 0 Å². The van der Waals surface area contributed by atoms with Gasteiger partial charge in [0.2, 0.25) is 0 Å². The van der Waals surface area contributed by atoms with Gasteiger partial charge in [-0.25, -0.2) is 9.48 Å². The summed E-state index contributed by atoms with van der Waals surface area (Å²) in [6.07, 6.45) is 3.60. The first kappa shape index (κ1) is 18.1. The van der Waals surface area contributed by atoms with E-state index in [0.717, 1.165) is 53.3 Å². The maximum absolute atomic E-state index is 11.4. The maximum Gasteiger partial charge on any atom is 0.407 e. The molecule has 6 heteroatoms. The molecule has 28 heavy (non-hydrogen) atoms. The molecule has 0 saturated carbocycles. The van der Waals surface area contributed by atoms with Crippen LogP contribution in [0, 0.1) is 6.92 Å². The Hall–Kier alpha value is -3.28. The zero-order valence-corrected chi connectivity index (χ0v) is 16.1. The third-order valence-electron chi connectivity index (χ3n) is 5.00. The maximum atomic E-state index is 11.4. The molecule has 4 rings (SSSR count). The second-order valence-corrected chi connectivity index (χ2v) is 6.88. The summed E-state index contributed by atoms with van der Waals surface area (Å²) >= 11 is 0. The van der Waals surface area contributed by atoms with E-state index < -0.39 is 6.09 Å². The summed E-state index contributed by atoms with van der Waals surface area (Å²) < 4.78 is 12.2. The predicted molar refractivity (Wildman–Crippen MR) is 107 cm³/mol. The van der Waals surface area contributed by atoms with Crippen molar-refractivity contribution in [1.29, 1.82) is 0 Å². The van der Waals surface area contributed by atoms with Crippen molar-refractivity contribution in [1.82, 2.24) is 15.1 Å².